The number of esters is 1. The van der Waals surface area contributed by atoms with Gasteiger partial charge in [0.1, 0.15) is 5.60 Å². The summed E-state index contributed by atoms with van der Waals surface area (Å²) in [5.74, 6) is -0.828. The summed E-state index contributed by atoms with van der Waals surface area (Å²) in [6.45, 7) is 11.2. The predicted octanol–water partition coefficient (Wildman–Crippen LogP) is 5.06. The average Bonchev–Trinajstić information content (AvgIpc) is 2.73. The van der Waals surface area contributed by atoms with Crippen LogP contribution >= 0.6 is 0 Å². The van der Waals surface area contributed by atoms with Gasteiger partial charge in [0.05, 0.1) is 19.1 Å². The summed E-state index contributed by atoms with van der Waals surface area (Å²) in [5, 5.41) is 2.92. The second kappa shape index (κ2) is 12.0. The summed E-state index contributed by atoms with van der Waals surface area (Å²) in [7, 11) is 0. The van der Waals surface area contributed by atoms with Crippen LogP contribution in [0.25, 0.3) is 11.1 Å². The molecule has 2 aromatic rings. The molecule has 0 bridgehead atoms. The Morgan fingerprint density at radius 1 is 1.03 bits per heavy atom. The maximum Gasteiger partial charge on any atom is 0.407 e. The highest BCUT2D eigenvalue weighted by Gasteiger charge is 2.27. The lowest BCUT2D eigenvalue weighted by atomic mass is 9.94. The minimum Gasteiger partial charge on any atom is -0.466 e. The number of carbonyl (C=O) groups excluding carboxylic acids is 2. The molecule has 0 spiro atoms. The van der Waals surface area contributed by atoms with Gasteiger partial charge in [0.15, 0.2) is 0 Å². The number of nitrogens with one attached hydrogen (secondary N) is 1. The van der Waals surface area contributed by atoms with E-state index < -0.39 is 17.6 Å². The van der Waals surface area contributed by atoms with Crippen LogP contribution in [0.1, 0.15) is 39.7 Å². The third kappa shape index (κ3) is 8.53. The lowest BCUT2D eigenvalue weighted by Crippen LogP contribution is -2.42. The summed E-state index contributed by atoms with van der Waals surface area (Å²) in [4.78, 5) is 28.7. The van der Waals surface area contributed by atoms with Crippen LogP contribution in [-0.2, 0) is 20.7 Å². The van der Waals surface area contributed by atoms with E-state index >= 15 is 0 Å². The molecule has 6 nitrogen and oxygen atoms in total. The Labute approximate surface area is 191 Å². The number of amides is 1. The smallest absolute Gasteiger partial charge is 0.407 e. The van der Waals surface area contributed by atoms with Crippen LogP contribution in [0.4, 0.5) is 4.79 Å². The predicted molar refractivity (Wildman–Crippen MR) is 128 cm³/mol. The Balaban J connectivity index is 2.18. The fraction of sp³-hybridized carbons (Fsp3) is 0.423. The van der Waals surface area contributed by atoms with Gasteiger partial charge < -0.3 is 19.8 Å². The highest BCUT2D eigenvalue weighted by atomic mass is 16.6. The van der Waals surface area contributed by atoms with E-state index in [1.807, 2.05) is 51.1 Å². The Morgan fingerprint density at radius 3 is 2.22 bits per heavy atom. The number of hydrogen-bond donors (Lipinski definition) is 1. The molecule has 0 unspecified atom stereocenters. The quantitative estimate of drug-likeness (QED) is 0.415. The third-order valence-corrected chi connectivity index (χ3v) is 4.80. The van der Waals surface area contributed by atoms with Gasteiger partial charge in [-0.25, -0.2) is 4.79 Å². The summed E-state index contributed by atoms with van der Waals surface area (Å²) in [6, 6.07) is 18.0. The number of alkyl carbamates (subject to hydrolysis) is 1. The molecule has 0 aromatic heterocycles. The monoisotopic (exact) mass is 438 g/mol. The van der Waals surface area contributed by atoms with E-state index in [0.717, 1.165) is 16.7 Å². The summed E-state index contributed by atoms with van der Waals surface area (Å²) in [6.07, 6.45) is 0.399. The van der Waals surface area contributed by atoms with Crippen molar-refractivity contribution in [3.8, 4) is 11.1 Å². The molecule has 0 saturated carbocycles. The van der Waals surface area contributed by atoms with E-state index in [1.54, 1.807) is 6.92 Å². The molecule has 32 heavy (non-hydrogen) atoms. The van der Waals surface area contributed by atoms with E-state index in [-0.39, 0.29) is 25.2 Å². The van der Waals surface area contributed by atoms with Gasteiger partial charge in [0, 0.05) is 6.04 Å². The molecule has 0 heterocycles. The van der Waals surface area contributed by atoms with Crippen LogP contribution in [-0.4, -0.2) is 43.6 Å². The van der Waals surface area contributed by atoms with Crippen LogP contribution in [0.3, 0.4) is 0 Å². The summed E-state index contributed by atoms with van der Waals surface area (Å²) in [5.41, 5.74) is 2.68. The number of aliphatic imine (C=N–C) groups is 1. The molecule has 0 saturated heterocycles. The van der Waals surface area contributed by atoms with E-state index in [1.165, 1.54) is 0 Å². The Bertz CT molecular complexity index is 873. The van der Waals surface area contributed by atoms with Gasteiger partial charge in [-0.3, -0.25) is 4.79 Å². The first-order valence-corrected chi connectivity index (χ1v) is 10.9. The zero-order valence-corrected chi connectivity index (χ0v) is 19.5. The number of benzene rings is 2. The molecule has 2 atom stereocenters. The number of hydrogen-bond acceptors (Lipinski definition) is 5. The van der Waals surface area contributed by atoms with Gasteiger partial charge in [-0.05, 0) is 63.9 Å². The zero-order chi connectivity index (χ0) is 23.6. The van der Waals surface area contributed by atoms with E-state index in [2.05, 4.69) is 41.3 Å². The van der Waals surface area contributed by atoms with E-state index in [0.29, 0.717) is 12.8 Å². The van der Waals surface area contributed by atoms with Crippen molar-refractivity contribution in [1.29, 1.82) is 0 Å². The van der Waals surface area contributed by atoms with Crippen molar-refractivity contribution in [3.05, 3.63) is 60.2 Å². The van der Waals surface area contributed by atoms with Gasteiger partial charge in [-0.15, -0.1) is 0 Å². The molecule has 172 valence electrons. The normalized spacial score (nSPS) is 13.0. The molecule has 2 aromatic carbocycles. The summed E-state index contributed by atoms with van der Waals surface area (Å²) < 4.78 is 10.6. The molecule has 1 N–H and O–H groups in total. The largest absolute Gasteiger partial charge is 0.466 e. The molecule has 1 amide bonds. The van der Waals surface area contributed by atoms with Crippen molar-refractivity contribution in [3.63, 3.8) is 0 Å². The Hall–Kier alpha value is -3.15. The molecule has 0 aliphatic rings. The lowest BCUT2D eigenvalue weighted by molar-refractivity contribution is -0.148. The van der Waals surface area contributed by atoms with E-state index in [9.17, 15) is 9.59 Å². The second-order valence-corrected chi connectivity index (χ2v) is 8.70. The van der Waals surface area contributed by atoms with Gasteiger partial charge in [-0.2, -0.15) is 0 Å². The molecular formula is C26H34N2O4. The second-order valence-electron chi connectivity index (χ2n) is 8.70. The van der Waals surface area contributed by atoms with Crippen LogP contribution in [0, 0.1) is 5.92 Å². The number of carbonyl (C=O) groups is 2. The average molecular weight is 439 g/mol. The SMILES string of the molecule is C=NC[C@H](C[C@@H](Cc1ccc(-c2ccccc2)cc1)NC(=O)OC(C)(C)C)C(=O)OCC. The topological polar surface area (TPSA) is 77.0 Å². The zero-order valence-electron chi connectivity index (χ0n) is 19.5. The first-order valence-electron chi connectivity index (χ1n) is 10.9. The van der Waals surface area contributed by atoms with Crippen molar-refractivity contribution < 1.29 is 19.1 Å². The van der Waals surface area contributed by atoms with Crippen molar-refractivity contribution in [2.24, 2.45) is 10.9 Å². The molecular weight excluding hydrogens is 404 g/mol. The highest BCUT2D eigenvalue weighted by Crippen LogP contribution is 2.21. The fourth-order valence-electron chi connectivity index (χ4n) is 3.42. The van der Waals surface area contributed by atoms with E-state index in [4.69, 9.17) is 9.47 Å². The standard InChI is InChI=1S/C26H34N2O4/c1-6-31-24(29)22(18-27-5)17-23(28-25(30)32-26(2,3)4)16-19-12-14-21(15-13-19)20-10-8-7-9-11-20/h7-15,22-23H,5-6,16-18H2,1-4H3,(H,28,30)/t22-,23+/m0/s1. The Kier molecular flexibility index (Phi) is 9.44. The number of ether oxygens (including phenoxy) is 2. The molecule has 0 aliphatic carbocycles. The lowest BCUT2D eigenvalue weighted by Gasteiger charge is -2.26. The van der Waals surface area contributed by atoms with Gasteiger partial charge in [-0.1, -0.05) is 54.6 Å². The van der Waals surface area contributed by atoms with Crippen LogP contribution < -0.4 is 5.32 Å². The van der Waals surface area contributed by atoms with Gasteiger partial charge in [0.25, 0.3) is 0 Å². The van der Waals surface area contributed by atoms with Crippen molar-refractivity contribution >= 4 is 18.8 Å². The maximum absolute atomic E-state index is 12.4. The van der Waals surface area contributed by atoms with Gasteiger partial charge in [0.2, 0.25) is 0 Å². The van der Waals surface area contributed by atoms with Crippen LogP contribution in [0.2, 0.25) is 0 Å². The van der Waals surface area contributed by atoms with Crippen molar-refractivity contribution in [2.45, 2.75) is 52.2 Å². The maximum atomic E-state index is 12.4. The van der Waals surface area contributed by atoms with Gasteiger partial charge >= 0.3 is 12.1 Å². The fourth-order valence-corrected chi connectivity index (χ4v) is 3.42. The Morgan fingerprint density at radius 2 is 1.66 bits per heavy atom. The first kappa shape index (κ1) is 25.1. The minimum absolute atomic E-state index is 0.234. The molecule has 0 fully saturated rings. The minimum atomic E-state index is -0.616. The first-order chi connectivity index (χ1) is 15.2. The van der Waals surface area contributed by atoms with Crippen molar-refractivity contribution in [2.75, 3.05) is 13.2 Å². The molecule has 2 rings (SSSR count). The van der Waals surface area contributed by atoms with Crippen LogP contribution in [0.5, 0.6) is 0 Å². The number of rotatable bonds is 10. The van der Waals surface area contributed by atoms with Crippen molar-refractivity contribution in [1.82, 2.24) is 5.32 Å². The summed E-state index contributed by atoms with van der Waals surface area (Å²) >= 11 is 0. The molecule has 6 heteroatoms. The molecule has 0 aliphatic heterocycles. The number of nitrogens with zero attached hydrogens (tertiary/aromatic N) is 1. The van der Waals surface area contributed by atoms with Crippen LogP contribution in [0.15, 0.2) is 59.6 Å². The molecule has 0 radical (unpaired) electrons. The highest BCUT2D eigenvalue weighted by molar-refractivity contribution is 5.73. The third-order valence-electron chi connectivity index (χ3n) is 4.80.